The summed E-state index contributed by atoms with van der Waals surface area (Å²) >= 11 is 1.27. The molecular weight excluding hydrogens is 374 g/mol. The minimum Gasteiger partial charge on any atom is -0.378 e. The number of nitrogens with one attached hydrogen (secondary N) is 2. The van der Waals surface area contributed by atoms with Crippen molar-refractivity contribution < 1.29 is 18.3 Å². The zero-order valence-electron chi connectivity index (χ0n) is 14.8. The molecule has 1 aliphatic carbocycles. The van der Waals surface area contributed by atoms with Crippen LogP contribution in [-0.4, -0.2) is 53.9 Å². The van der Waals surface area contributed by atoms with Crippen LogP contribution < -0.4 is 10.2 Å². The number of anilines is 1. The Balaban J connectivity index is 1.56. The molecule has 0 aromatic carbocycles. The number of nitrogens with zero attached hydrogens (tertiary/aromatic N) is 2. The van der Waals surface area contributed by atoms with E-state index in [0.717, 1.165) is 18.4 Å². The first-order chi connectivity index (χ1) is 12.9. The number of H-pyrrole nitrogens is 1. The minimum absolute atomic E-state index is 0.185. The largest absolute Gasteiger partial charge is 0.378 e. The Morgan fingerprint density at radius 3 is 2.89 bits per heavy atom. The number of hydrogen-bond donors (Lipinski definition) is 2. The van der Waals surface area contributed by atoms with E-state index in [1.165, 1.54) is 11.3 Å². The standard InChI is InChI=1S/C18H20F2N4O2S/c1-26-17(2-3-17)4-11-8-24-9-18(19,20)5-12-13(24)15(16(25)23-11)27-14(12)10-6-21-22-7-10/h6-7,11H,2-5,8-9H2,1H3,(H,21,22)(H,23,25)/t11-/m0/s1. The lowest BCUT2D eigenvalue weighted by Crippen LogP contribution is -2.48. The number of carbonyl (C=O) groups excluding carboxylic acids is 1. The van der Waals surface area contributed by atoms with Crippen LogP contribution in [0.5, 0.6) is 0 Å². The maximum Gasteiger partial charge on any atom is 0.269 e. The van der Waals surface area contributed by atoms with Crippen molar-refractivity contribution in [3.8, 4) is 10.4 Å². The van der Waals surface area contributed by atoms with Crippen molar-refractivity contribution in [1.29, 1.82) is 0 Å². The zero-order valence-corrected chi connectivity index (χ0v) is 15.7. The van der Waals surface area contributed by atoms with Crippen LogP contribution in [0.25, 0.3) is 10.4 Å². The van der Waals surface area contributed by atoms with Gasteiger partial charge in [0.15, 0.2) is 0 Å². The summed E-state index contributed by atoms with van der Waals surface area (Å²) in [4.78, 5) is 15.8. The monoisotopic (exact) mass is 394 g/mol. The van der Waals surface area contributed by atoms with Crippen LogP contribution in [0, 0.1) is 0 Å². The molecule has 1 atom stereocenters. The lowest BCUT2D eigenvalue weighted by molar-refractivity contribution is 0.00496. The maximum absolute atomic E-state index is 14.6. The molecule has 4 heterocycles. The van der Waals surface area contributed by atoms with Gasteiger partial charge in [0.25, 0.3) is 11.8 Å². The van der Waals surface area contributed by atoms with E-state index in [2.05, 4.69) is 15.5 Å². The molecule has 1 fully saturated rings. The predicted molar refractivity (Wildman–Crippen MR) is 97.6 cm³/mol. The first-order valence-electron chi connectivity index (χ1n) is 9.03. The summed E-state index contributed by atoms with van der Waals surface area (Å²) in [5.74, 6) is -3.02. The molecule has 27 heavy (non-hydrogen) atoms. The van der Waals surface area contributed by atoms with Gasteiger partial charge in [-0.1, -0.05) is 0 Å². The first kappa shape index (κ1) is 17.1. The molecule has 2 aliphatic heterocycles. The number of rotatable bonds is 4. The summed E-state index contributed by atoms with van der Waals surface area (Å²) in [7, 11) is 1.67. The Kier molecular flexibility index (Phi) is 3.64. The number of amides is 1. The number of alkyl halides is 2. The number of ether oxygens (including phenoxy) is 1. The average molecular weight is 394 g/mol. The molecule has 5 rings (SSSR count). The van der Waals surface area contributed by atoms with E-state index in [9.17, 15) is 13.6 Å². The van der Waals surface area contributed by atoms with Crippen LogP contribution in [0.3, 0.4) is 0 Å². The highest BCUT2D eigenvalue weighted by molar-refractivity contribution is 7.18. The van der Waals surface area contributed by atoms with Gasteiger partial charge in [-0.05, 0) is 19.3 Å². The van der Waals surface area contributed by atoms with Gasteiger partial charge < -0.3 is 15.0 Å². The fraction of sp³-hybridized carbons (Fsp3) is 0.556. The number of aromatic amines is 1. The molecule has 0 spiro atoms. The topological polar surface area (TPSA) is 70.2 Å². The van der Waals surface area contributed by atoms with Gasteiger partial charge in [0.2, 0.25) is 0 Å². The highest BCUT2D eigenvalue weighted by Gasteiger charge is 2.48. The van der Waals surface area contributed by atoms with E-state index >= 15 is 0 Å². The van der Waals surface area contributed by atoms with Gasteiger partial charge in [-0.3, -0.25) is 9.89 Å². The van der Waals surface area contributed by atoms with E-state index < -0.39 is 5.92 Å². The molecule has 3 aliphatic rings. The second-order valence-electron chi connectivity index (χ2n) is 7.75. The summed E-state index contributed by atoms with van der Waals surface area (Å²) in [6.07, 6.45) is 5.48. The van der Waals surface area contributed by atoms with Gasteiger partial charge in [0.1, 0.15) is 4.88 Å². The minimum atomic E-state index is -2.83. The van der Waals surface area contributed by atoms with Crippen LogP contribution >= 0.6 is 11.3 Å². The molecule has 1 amide bonds. The SMILES string of the molecule is COC1(C[C@H]2CN3CC(F)(F)Cc4c(-c5cn[nH]c5)sc(c43)C(=O)N2)CC1. The Morgan fingerprint density at radius 1 is 1.41 bits per heavy atom. The highest BCUT2D eigenvalue weighted by Crippen LogP contribution is 2.49. The van der Waals surface area contributed by atoms with Crippen molar-refractivity contribution in [1.82, 2.24) is 15.5 Å². The summed E-state index contributed by atoms with van der Waals surface area (Å²) < 4.78 is 34.7. The van der Waals surface area contributed by atoms with Gasteiger partial charge >= 0.3 is 0 Å². The molecule has 0 unspecified atom stereocenters. The Bertz CT molecular complexity index is 892. The summed E-state index contributed by atoms with van der Waals surface area (Å²) in [5.41, 5.74) is 1.75. The van der Waals surface area contributed by atoms with E-state index in [0.29, 0.717) is 34.0 Å². The average Bonchev–Trinajstić information content (AvgIpc) is 3.03. The van der Waals surface area contributed by atoms with Crippen LogP contribution in [0.1, 0.15) is 34.5 Å². The van der Waals surface area contributed by atoms with Gasteiger partial charge in [0, 0.05) is 48.3 Å². The fourth-order valence-corrected chi connectivity index (χ4v) is 5.53. The lowest BCUT2D eigenvalue weighted by Gasteiger charge is -2.36. The molecule has 144 valence electrons. The Morgan fingerprint density at radius 2 is 2.22 bits per heavy atom. The lowest BCUT2D eigenvalue weighted by atomic mass is 9.97. The van der Waals surface area contributed by atoms with Crippen molar-refractivity contribution in [3.05, 3.63) is 22.8 Å². The molecule has 1 saturated carbocycles. The number of methoxy groups -OCH3 is 1. The normalized spacial score (nSPS) is 24.9. The quantitative estimate of drug-likeness (QED) is 0.837. The van der Waals surface area contributed by atoms with Crippen LogP contribution in [0.2, 0.25) is 0 Å². The number of carbonyl (C=O) groups is 1. The van der Waals surface area contributed by atoms with Gasteiger partial charge in [-0.25, -0.2) is 8.78 Å². The third-order valence-corrected chi connectivity index (χ3v) is 7.02. The van der Waals surface area contributed by atoms with Crippen molar-refractivity contribution in [2.75, 3.05) is 25.1 Å². The molecule has 2 aromatic rings. The third kappa shape index (κ3) is 2.84. The summed E-state index contributed by atoms with van der Waals surface area (Å²) in [6.45, 7) is 0.00794. The van der Waals surface area contributed by atoms with Crippen LogP contribution in [-0.2, 0) is 11.2 Å². The van der Waals surface area contributed by atoms with Crippen LogP contribution in [0.4, 0.5) is 14.5 Å². The smallest absolute Gasteiger partial charge is 0.269 e. The van der Waals surface area contributed by atoms with E-state index in [-0.39, 0.29) is 30.5 Å². The molecule has 0 bridgehead atoms. The number of aromatic nitrogens is 2. The van der Waals surface area contributed by atoms with Crippen molar-refractivity contribution in [3.63, 3.8) is 0 Å². The maximum atomic E-state index is 14.6. The molecule has 9 heteroatoms. The van der Waals surface area contributed by atoms with Crippen molar-refractivity contribution in [2.45, 2.75) is 43.2 Å². The fourth-order valence-electron chi connectivity index (χ4n) is 4.30. The van der Waals surface area contributed by atoms with E-state index in [1.807, 2.05) is 0 Å². The summed E-state index contributed by atoms with van der Waals surface area (Å²) in [6, 6.07) is -0.210. The highest BCUT2D eigenvalue weighted by atomic mass is 32.1. The van der Waals surface area contributed by atoms with Gasteiger partial charge in [-0.2, -0.15) is 5.10 Å². The molecule has 2 N–H and O–H groups in total. The second kappa shape index (κ2) is 5.75. The van der Waals surface area contributed by atoms with E-state index in [4.69, 9.17) is 4.74 Å². The summed E-state index contributed by atoms with van der Waals surface area (Å²) in [5, 5.41) is 9.70. The van der Waals surface area contributed by atoms with Gasteiger partial charge in [-0.15, -0.1) is 11.3 Å². The molecule has 6 nitrogen and oxygen atoms in total. The van der Waals surface area contributed by atoms with Crippen molar-refractivity contribution in [2.24, 2.45) is 0 Å². The molecule has 0 radical (unpaired) electrons. The Labute approximate surface area is 158 Å². The number of hydrogen-bond acceptors (Lipinski definition) is 5. The Hall–Kier alpha value is -2.00. The number of halogens is 2. The molecular formula is C18H20F2N4O2S. The van der Waals surface area contributed by atoms with Gasteiger partial charge in [0.05, 0.1) is 24.0 Å². The first-order valence-corrected chi connectivity index (χ1v) is 9.85. The van der Waals surface area contributed by atoms with E-state index in [1.54, 1.807) is 24.4 Å². The molecule has 2 aromatic heterocycles. The zero-order chi connectivity index (χ0) is 18.8. The van der Waals surface area contributed by atoms with Crippen LogP contribution in [0.15, 0.2) is 12.4 Å². The number of thiophene rings is 1. The van der Waals surface area contributed by atoms with Crippen molar-refractivity contribution >= 4 is 22.9 Å². The predicted octanol–water partition coefficient (Wildman–Crippen LogP) is 2.82. The molecule has 0 saturated heterocycles. The third-order valence-electron chi connectivity index (χ3n) is 5.75. The second-order valence-corrected chi connectivity index (χ2v) is 8.77.